The van der Waals surface area contributed by atoms with E-state index in [1.165, 1.54) is 0 Å². The first-order valence-corrected chi connectivity index (χ1v) is 7.19. The molecule has 0 aliphatic heterocycles. The summed E-state index contributed by atoms with van der Waals surface area (Å²) in [4.78, 5) is 12.0. The lowest BCUT2D eigenvalue weighted by Gasteiger charge is -2.07. The van der Waals surface area contributed by atoms with E-state index in [0.29, 0.717) is 23.0 Å². The molecule has 4 heteroatoms. The van der Waals surface area contributed by atoms with Crippen molar-refractivity contribution < 1.29 is 4.79 Å². The first-order valence-electron chi connectivity index (χ1n) is 6.28. The van der Waals surface area contributed by atoms with Crippen molar-refractivity contribution in [3.05, 3.63) is 69.7 Å². The number of amides is 1. The monoisotopic (exact) mass is 307 g/mol. The quantitative estimate of drug-likeness (QED) is 0.838. The van der Waals surface area contributed by atoms with Gasteiger partial charge in [-0.05, 0) is 35.7 Å². The Bertz CT molecular complexity index is 626. The largest absolute Gasteiger partial charge is 0.348 e. The van der Waals surface area contributed by atoms with Crippen LogP contribution in [-0.4, -0.2) is 5.91 Å². The van der Waals surface area contributed by atoms with Crippen LogP contribution in [0.2, 0.25) is 5.02 Å². The van der Waals surface area contributed by atoms with Gasteiger partial charge in [-0.1, -0.05) is 41.9 Å². The van der Waals surface area contributed by atoms with Crippen molar-refractivity contribution in [3.63, 3.8) is 0 Å². The number of halogens is 2. The van der Waals surface area contributed by atoms with Gasteiger partial charge in [0.25, 0.3) is 5.91 Å². The summed E-state index contributed by atoms with van der Waals surface area (Å²) in [5.41, 5.74) is 3.58. The highest BCUT2D eigenvalue weighted by molar-refractivity contribution is 6.31. The van der Waals surface area contributed by atoms with Crippen molar-refractivity contribution in [1.82, 2.24) is 5.32 Å². The van der Waals surface area contributed by atoms with E-state index in [1.807, 2.05) is 37.3 Å². The zero-order valence-corrected chi connectivity index (χ0v) is 12.6. The predicted octanol–water partition coefficient (Wildman–Crippen LogP) is 4.32. The first kappa shape index (κ1) is 14.9. The maximum absolute atomic E-state index is 12.0. The molecule has 2 aromatic carbocycles. The average Bonchev–Trinajstić information content (AvgIpc) is 2.47. The molecule has 0 radical (unpaired) electrons. The van der Waals surface area contributed by atoms with Crippen molar-refractivity contribution in [2.45, 2.75) is 19.3 Å². The molecular weight excluding hydrogens is 293 g/mol. The molecule has 0 spiro atoms. The standard InChI is InChI=1S/C16H15Cl2NO/c1-11-5-6-14(8-15(11)18)16(20)19-10-13-4-2-3-12(7-13)9-17/h2-8H,9-10H2,1H3,(H,19,20). The van der Waals surface area contributed by atoms with E-state index >= 15 is 0 Å². The van der Waals surface area contributed by atoms with Gasteiger partial charge in [-0.2, -0.15) is 0 Å². The van der Waals surface area contributed by atoms with Gasteiger partial charge in [-0.15, -0.1) is 11.6 Å². The van der Waals surface area contributed by atoms with E-state index < -0.39 is 0 Å². The highest BCUT2D eigenvalue weighted by Crippen LogP contribution is 2.16. The zero-order chi connectivity index (χ0) is 14.5. The molecule has 0 aromatic heterocycles. The van der Waals surface area contributed by atoms with Gasteiger partial charge in [0, 0.05) is 23.0 Å². The summed E-state index contributed by atoms with van der Waals surface area (Å²) < 4.78 is 0. The minimum Gasteiger partial charge on any atom is -0.348 e. The molecule has 0 saturated heterocycles. The molecule has 20 heavy (non-hydrogen) atoms. The van der Waals surface area contributed by atoms with Gasteiger partial charge in [0.2, 0.25) is 0 Å². The zero-order valence-electron chi connectivity index (χ0n) is 11.1. The predicted molar refractivity (Wildman–Crippen MR) is 83.4 cm³/mol. The lowest BCUT2D eigenvalue weighted by atomic mass is 10.1. The lowest BCUT2D eigenvalue weighted by molar-refractivity contribution is 0.0951. The molecule has 1 amide bonds. The second-order valence-corrected chi connectivity index (χ2v) is 5.27. The number of aryl methyl sites for hydroxylation is 1. The molecule has 2 aromatic rings. The summed E-state index contributed by atoms with van der Waals surface area (Å²) in [7, 11) is 0. The Morgan fingerprint density at radius 1 is 1.15 bits per heavy atom. The summed E-state index contributed by atoms with van der Waals surface area (Å²) in [5.74, 6) is 0.332. The number of benzene rings is 2. The van der Waals surface area contributed by atoms with Crippen LogP contribution in [0.3, 0.4) is 0 Å². The van der Waals surface area contributed by atoms with E-state index in [4.69, 9.17) is 23.2 Å². The van der Waals surface area contributed by atoms with Crippen molar-refractivity contribution in [1.29, 1.82) is 0 Å². The average molecular weight is 308 g/mol. The van der Waals surface area contributed by atoms with Gasteiger partial charge in [0.05, 0.1) is 0 Å². The van der Waals surface area contributed by atoms with Crippen LogP contribution >= 0.6 is 23.2 Å². The Morgan fingerprint density at radius 3 is 2.60 bits per heavy atom. The van der Waals surface area contributed by atoms with Gasteiger partial charge in [-0.25, -0.2) is 0 Å². The smallest absolute Gasteiger partial charge is 0.251 e. The van der Waals surface area contributed by atoms with Crippen LogP contribution in [0.5, 0.6) is 0 Å². The molecule has 0 bridgehead atoms. The van der Waals surface area contributed by atoms with Gasteiger partial charge < -0.3 is 5.32 Å². The maximum atomic E-state index is 12.0. The number of carbonyl (C=O) groups excluding carboxylic acids is 1. The Hall–Kier alpha value is -1.51. The normalized spacial score (nSPS) is 10.3. The van der Waals surface area contributed by atoms with Crippen LogP contribution in [0.4, 0.5) is 0 Å². The third-order valence-electron chi connectivity index (χ3n) is 3.03. The second kappa shape index (κ2) is 6.78. The van der Waals surface area contributed by atoms with Crippen molar-refractivity contribution >= 4 is 29.1 Å². The Balaban J connectivity index is 2.02. The molecule has 0 fully saturated rings. The Morgan fingerprint density at radius 2 is 1.90 bits per heavy atom. The summed E-state index contributed by atoms with van der Waals surface area (Å²) >= 11 is 11.8. The number of rotatable bonds is 4. The van der Waals surface area contributed by atoms with Crippen molar-refractivity contribution in [3.8, 4) is 0 Å². The molecule has 2 nitrogen and oxygen atoms in total. The molecule has 0 aliphatic carbocycles. The summed E-state index contributed by atoms with van der Waals surface area (Å²) in [5, 5.41) is 3.47. The Kier molecular flexibility index (Phi) is 5.05. The van der Waals surface area contributed by atoms with E-state index in [0.717, 1.165) is 16.7 Å². The highest BCUT2D eigenvalue weighted by Gasteiger charge is 2.07. The van der Waals surface area contributed by atoms with Gasteiger partial charge in [0.1, 0.15) is 0 Å². The molecule has 1 N–H and O–H groups in total. The minimum atomic E-state index is -0.136. The number of nitrogens with one attached hydrogen (secondary N) is 1. The Labute approximate surface area is 128 Å². The van der Waals surface area contributed by atoms with E-state index in [2.05, 4.69) is 5.32 Å². The van der Waals surface area contributed by atoms with E-state index in [9.17, 15) is 4.79 Å². The number of alkyl halides is 1. The first-order chi connectivity index (χ1) is 9.60. The molecule has 0 saturated carbocycles. The molecule has 104 valence electrons. The van der Waals surface area contributed by atoms with Gasteiger partial charge in [0.15, 0.2) is 0 Å². The second-order valence-electron chi connectivity index (χ2n) is 4.60. The fourth-order valence-corrected chi connectivity index (χ4v) is 2.19. The molecule has 2 rings (SSSR count). The topological polar surface area (TPSA) is 29.1 Å². The molecule has 0 atom stereocenters. The van der Waals surface area contributed by atoms with Crippen LogP contribution in [0.15, 0.2) is 42.5 Å². The number of hydrogen-bond acceptors (Lipinski definition) is 1. The highest BCUT2D eigenvalue weighted by atomic mass is 35.5. The summed E-state index contributed by atoms with van der Waals surface area (Å²) in [6.45, 7) is 2.37. The molecule has 0 aliphatic rings. The SMILES string of the molecule is Cc1ccc(C(=O)NCc2cccc(CCl)c2)cc1Cl. The van der Waals surface area contributed by atoms with Gasteiger partial charge in [-0.3, -0.25) is 4.79 Å². The van der Waals surface area contributed by atoms with Gasteiger partial charge >= 0.3 is 0 Å². The molecule has 0 heterocycles. The fourth-order valence-electron chi connectivity index (χ4n) is 1.84. The number of carbonyl (C=O) groups is 1. The molecule has 0 unspecified atom stereocenters. The summed E-state index contributed by atoms with van der Waals surface area (Å²) in [6.07, 6.45) is 0. The van der Waals surface area contributed by atoms with Crippen LogP contribution in [0.1, 0.15) is 27.0 Å². The van der Waals surface area contributed by atoms with Crippen LogP contribution < -0.4 is 5.32 Å². The van der Waals surface area contributed by atoms with E-state index in [-0.39, 0.29) is 5.91 Å². The number of hydrogen-bond donors (Lipinski definition) is 1. The van der Waals surface area contributed by atoms with E-state index in [1.54, 1.807) is 12.1 Å². The maximum Gasteiger partial charge on any atom is 0.251 e. The third kappa shape index (κ3) is 3.75. The summed E-state index contributed by atoms with van der Waals surface area (Å²) in [6, 6.07) is 13.1. The minimum absolute atomic E-state index is 0.136. The third-order valence-corrected chi connectivity index (χ3v) is 3.75. The van der Waals surface area contributed by atoms with Crippen molar-refractivity contribution in [2.24, 2.45) is 0 Å². The van der Waals surface area contributed by atoms with Crippen LogP contribution in [0, 0.1) is 6.92 Å². The van der Waals surface area contributed by atoms with Crippen LogP contribution in [0.25, 0.3) is 0 Å². The van der Waals surface area contributed by atoms with Crippen molar-refractivity contribution in [2.75, 3.05) is 0 Å². The lowest BCUT2D eigenvalue weighted by Crippen LogP contribution is -2.22. The molecular formula is C16H15Cl2NO. The fraction of sp³-hybridized carbons (Fsp3) is 0.188. The van der Waals surface area contributed by atoms with Crippen LogP contribution in [-0.2, 0) is 12.4 Å².